The number of nitriles is 1. The van der Waals surface area contributed by atoms with E-state index in [1.807, 2.05) is 48.4 Å². The highest BCUT2D eigenvalue weighted by molar-refractivity contribution is 6.02. The van der Waals surface area contributed by atoms with Crippen LogP contribution in [-0.4, -0.2) is 44.4 Å². The van der Waals surface area contributed by atoms with Crippen LogP contribution in [0.15, 0.2) is 67.1 Å². The summed E-state index contributed by atoms with van der Waals surface area (Å²) in [6.07, 6.45) is 8.60. The van der Waals surface area contributed by atoms with Crippen molar-refractivity contribution in [3.8, 4) is 28.5 Å². The quantitative estimate of drug-likeness (QED) is 0.357. The number of fused-ring (bicyclic) bond motifs is 2. The van der Waals surface area contributed by atoms with Crippen LogP contribution in [0.1, 0.15) is 18.4 Å². The Morgan fingerprint density at radius 2 is 1.71 bits per heavy atom. The average molecular weight is 461 g/mol. The van der Waals surface area contributed by atoms with Crippen molar-refractivity contribution in [1.82, 2.24) is 24.2 Å². The third-order valence-corrected chi connectivity index (χ3v) is 7.44. The minimum absolute atomic E-state index is 0.659. The number of hydrogen-bond acceptors (Lipinski definition) is 4. The van der Waals surface area contributed by atoms with Crippen molar-refractivity contribution in [3.05, 3.63) is 72.7 Å². The van der Waals surface area contributed by atoms with E-state index in [2.05, 4.69) is 58.1 Å². The van der Waals surface area contributed by atoms with Crippen LogP contribution in [0.3, 0.4) is 0 Å². The SMILES string of the molecule is CN1CCC(Cn2ccc3c(-c4ccc(C#N)cc4)c(-c4ccc5c(cnn5C)c4)ncc32)CC1. The molecule has 0 aliphatic carbocycles. The second-order valence-electron chi connectivity index (χ2n) is 9.73. The van der Waals surface area contributed by atoms with E-state index in [-0.39, 0.29) is 0 Å². The van der Waals surface area contributed by atoms with E-state index in [1.165, 1.54) is 31.3 Å². The smallest absolute Gasteiger partial charge is 0.0991 e. The molecule has 6 heteroatoms. The molecule has 0 atom stereocenters. The van der Waals surface area contributed by atoms with Gasteiger partial charge < -0.3 is 9.47 Å². The normalized spacial score (nSPS) is 15.1. The summed E-state index contributed by atoms with van der Waals surface area (Å²) in [6, 6.07) is 18.7. The highest BCUT2D eigenvalue weighted by atomic mass is 15.2. The Morgan fingerprint density at radius 3 is 2.49 bits per heavy atom. The van der Waals surface area contributed by atoms with Crippen LogP contribution in [0.2, 0.25) is 0 Å². The van der Waals surface area contributed by atoms with Crippen LogP contribution in [0.5, 0.6) is 0 Å². The van der Waals surface area contributed by atoms with Crippen molar-refractivity contribution in [2.24, 2.45) is 13.0 Å². The molecule has 1 aliphatic heterocycles. The van der Waals surface area contributed by atoms with E-state index < -0.39 is 0 Å². The number of piperidine rings is 1. The molecule has 0 bridgehead atoms. The largest absolute Gasteiger partial charge is 0.346 e. The summed E-state index contributed by atoms with van der Waals surface area (Å²) >= 11 is 0. The summed E-state index contributed by atoms with van der Waals surface area (Å²) in [4.78, 5) is 7.44. The number of aromatic nitrogens is 4. The summed E-state index contributed by atoms with van der Waals surface area (Å²) in [5, 5.41) is 16.0. The summed E-state index contributed by atoms with van der Waals surface area (Å²) in [5.74, 6) is 0.688. The minimum atomic E-state index is 0.659. The molecule has 0 spiro atoms. The molecule has 1 aliphatic rings. The lowest BCUT2D eigenvalue weighted by molar-refractivity contribution is 0.206. The molecule has 6 nitrogen and oxygen atoms in total. The second kappa shape index (κ2) is 8.68. The van der Waals surface area contributed by atoms with Gasteiger partial charge in [-0.2, -0.15) is 10.4 Å². The predicted octanol–water partition coefficient (Wildman–Crippen LogP) is 5.47. The van der Waals surface area contributed by atoms with Crippen molar-refractivity contribution in [2.45, 2.75) is 19.4 Å². The first-order valence-electron chi connectivity index (χ1n) is 12.2. The molecular weight excluding hydrogens is 432 g/mol. The van der Waals surface area contributed by atoms with Gasteiger partial charge in [-0.3, -0.25) is 9.67 Å². The maximum absolute atomic E-state index is 9.30. The Balaban J connectivity index is 1.49. The summed E-state index contributed by atoms with van der Waals surface area (Å²) < 4.78 is 4.26. The number of aryl methyl sites for hydroxylation is 1. The molecule has 1 fully saturated rings. The molecule has 1 saturated heterocycles. The van der Waals surface area contributed by atoms with Gasteiger partial charge in [-0.05, 0) is 74.8 Å². The average Bonchev–Trinajstić information content (AvgIpc) is 3.48. The van der Waals surface area contributed by atoms with Gasteiger partial charge in [0.05, 0.1) is 40.8 Å². The van der Waals surface area contributed by atoms with Crippen LogP contribution < -0.4 is 0 Å². The Bertz CT molecular complexity index is 1560. The monoisotopic (exact) mass is 460 g/mol. The van der Waals surface area contributed by atoms with Crippen molar-refractivity contribution in [3.63, 3.8) is 0 Å². The zero-order valence-corrected chi connectivity index (χ0v) is 20.1. The van der Waals surface area contributed by atoms with E-state index in [4.69, 9.17) is 4.98 Å². The maximum Gasteiger partial charge on any atom is 0.0991 e. The van der Waals surface area contributed by atoms with E-state index in [0.29, 0.717) is 11.5 Å². The summed E-state index contributed by atoms with van der Waals surface area (Å²) in [5.41, 5.74) is 7.11. The van der Waals surface area contributed by atoms with Crippen LogP contribution in [0, 0.1) is 17.2 Å². The van der Waals surface area contributed by atoms with Gasteiger partial charge in [0.15, 0.2) is 0 Å². The molecule has 5 aromatic rings. The lowest BCUT2D eigenvalue weighted by atomic mass is 9.95. The van der Waals surface area contributed by atoms with Crippen molar-refractivity contribution < 1.29 is 0 Å². The van der Waals surface area contributed by atoms with Gasteiger partial charge in [-0.1, -0.05) is 18.2 Å². The molecule has 0 N–H and O–H groups in total. The number of pyridine rings is 1. The van der Waals surface area contributed by atoms with Crippen LogP contribution in [-0.2, 0) is 13.6 Å². The maximum atomic E-state index is 9.30. The van der Waals surface area contributed by atoms with E-state index in [1.54, 1.807) is 0 Å². The molecule has 174 valence electrons. The first-order chi connectivity index (χ1) is 17.1. The highest BCUT2D eigenvalue weighted by Crippen LogP contribution is 2.38. The van der Waals surface area contributed by atoms with Crippen LogP contribution in [0.25, 0.3) is 44.2 Å². The van der Waals surface area contributed by atoms with Crippen LogP contribution >= 0.6 is 0 Å². The lowest BCUT2D eigenvalue weighted by Gasteiger charge is -2.29. The van der Waals surface area contributed by atoms with E-state index >= 15 is 0 Å². The standard InChI is InChI=1S/C29H28N6/c1-33-12-9-21(10-13-33)19-35-14-11-25-27(35)18-31-29(28(25)22-5-3-20(16-30)4-6-22)23-7-8-26-24(15-23)17-32-34(26)2/h3-8,11,14-15,17-18,21H,9-10,12-13,19H2,1-2H3. The van der Waals surface area contributed by atoms with Gasteiger partial charge in [0, 0.05) is 41.7 Å². The molecule has 4 heterocycles. The lowest BCUT2D eigenvalue weighted by Crippen LogP contribution is -2.31. The molecule has 3 aromatic heterocycles. The molecule has 0 saturated carbocycles. The van der Waals surface area contributed by atoms with Crippen molar-refractivity contribution >= 4 is 21.8 Å². The Kier molecular flexibility index (Phi) is 5.35. The van der Waals surface area contributed by atoms with E-state index in [0.717, 1.165) is 45.3 Å². The van der Waals surface area contributed by atoms with Gasteiger partial charge in [-0.15, -0.1) is 0 Å². The molecular formula is C29H28N6. The molecule has 0 unspecified atom stereocenters. The Morgan fingerprint density at radius 1 is 0.943 bits per heavy atom. The van der Waals surface area contributed by atoms with E-state index in [9.17, 15) is 5.26 Å². The fraction of sp³-hybridized carbons (Fsp3) is 0.276. The highest BCUT2D eigenvalue weighted by Gasteiger charge is 2.20. The van der Waals surface area contributed by atoms with Gasteiger partial charge >= 0.3 is 0 Å². The molecule has 35 heavy (non-hydrogen) atoms. The summed E-state index contributed by atoms with van der Waals surface area (Å²) in [7, 11) is 4.17. The Labute approximate surface area is 205 Å². The number of nitrogens with zero attached hydrogens (tertiary/aromatic N) is 6. The molecule has 0 radical (unpaired) electrons. The fourth-order valence-corrected chi connectivity index (χ4v) is 5.37. The second-order valence-corrected chi connectivity index (χ2v) is 9.73. The topological polar surface area (TPSA) is 62.7 Å². The third kappa shape index (κ3) is 3.88. The first kappa shape index (κ1) is 21.6. The van der Waals surface area contributed by atoms with Gasteiger partial charge in [0.25, 0.3) is 0 Å². The molecule has 6 rings (SSSR count). The zero-order valence-electron chi connectivity index (χ0n) is 20.1. The minimum Gasteiger partial charge on any atom is -0.346 e. The first-order valence-corrected chi connectivity index (χ1v) is 12.2. The predicted molar refractivity (Wildman–Crippen MR) is 140 cm³/mol. The number of rotatable bonds is 4. The number of hydrogen-bond donors (Lipinski definition) is 0. The fourth-order valence-electron chi connectivity index (χ4n) is 5.37. The molecule has 0 amide bonds. The summed E-state index contributed by atoms with van der Waals surface area (Å²) in [6.45, 7) is 3.35. The zero-order chi connectivity index (χ0) is 23.9. The number of benzene rings is 2. The number of likely N-dealkylation sites (tertiary alicyclic amines) is 1. The Hall–Kier alpha value is -3.95. The van der Waals surface area contributed by atoms with Crippen LogP contribution in [0.4, 0.5) is 0 Å². The van der Waals surface area contributed by atoms with Gasteiger partial charge in [0.2, 0.25) is 0 Å². The third-order valence-electron chi connectivity index (χ3n) is 7.44. The molecule has 2 aromatic carbocycles. The van der Waals surface area contributed by atoms with Crippen molar-refractivity contribution in [1.29, 1.82) is 5.26 Å². The van der Waals surface area contributed by atoms with Gasteiger partial charge in [-0.25, -0.2) is 0 Å². The van der Waals surface area contributed by atoms with Crippen molar-refractivity contribution in [2.75, 3.05) is 20.1 Å². The van der Waals surface area contributed by atoms with Gasteiger partial charge in [0.1, 0.15) is 0 Å².